The number of aliphatic hydroxyl groups is 1. The summed E-state index contributed by atoms with van der Waals surface area (Å²) in [5, 5.41) is 16.6. The molecular formula is C23H25N5O3. The number of fused-ring (bicyclic) bond motifs is 4. The average molecular weight is 419 g/mol. The second-order valence-corrected chi connectivity index (χ2v) is 8.08. The average Bonchev–Trinajstić information content (AvgIpc) is 3.18. The zero-order valence-corrected chi connectivity index (χ0v) is 17.1. The highest BCUT2D eigenvalue weighted by molar-refractivity contribution is 6.05. The molecule has 5 heterocycles. The van der Waals surface area contributed by atoms with Crippen LogP contribution in [0, 0.1) is 5.92 Å². The molecule has 3 aliphatic rings. The van der Waals surface area contributed by atoms with E-state index >= 15 is 0 Å². The molecule has 5 rings (SSSR count). The summed E-state index contributed by atoms with van der Waals surface area (Å²) in [4.78, 5) is 22.0. The zero-order valence-electron chi connectivity index (χ0n) is 17.1. The van der Waals surface area contributed by atoms with E-state index in [1.54, 1.807) is 12.4 Å². The summed E-state index contributed by atoms with van der Waals surface area (Å²) < 4.78 is 6.48. The van der Waals surface area contributed by atoms with Crippen molar-refractivity contribution < 1.29 is 14.6 Å². The SMILES string of the molecule is O=C(NCCO)[C@]12CCC3C(c4ccccn4)=NNC(c4ccccn4)=C3[C@@H](CC1)O2. The van der Waals surface area contributed by atoms with Crippen molar-refractivity contribution in [1.82, 2.24) is 20.7 Å². The summed E-state index contributed by atoms with van der Waals surface area (Å²) in [5.41, 5.74) is 6.76. The third-order valence-electron chi connectivity index (χ3n) is 6.30. The molecule has 1 amide bonds. The summed E-state index contributed by atoms with van der Waals surface area (Å²) in [6.45, 7) is 0.130. The van der Waals surface area contributed by atoms with Crippen LogP contribution in [0.3, 0.4) is 0 Å². The molecule has 3 N–H and O–H groups in total. The Kier molecular flexibility index (Phi) is 5.25. The van der Waals surface area contributed by atoms with Gasteiger partial charge in [0.15, 0.2) is 0 Å². The Bertz CT molecular complexity index is 1020. The van der Waals surface area contributed by atoms with Crippen molar-refractivity contribution in [2.24, 2.45) is 11.0 Å². The number of rotatable bonds is 5. The van der Waals surface area contributed by atoms with E-state index in [4.69, 9.17) is 14.9 Å². The van der Waals surface area contributed by atoms with Crippen LogP contribution < -0.4 is 10.7 Å². The number of nitrogens with one attached hydrogen (secondary N) is 2. The minimum Gasteiger partial charge on any atom is -0.395 e. The van der Waals surface area contributed by atoms with E-state index in [2.05, 4.69) is 20.7 Å². The van der Waals surface area contributed by atoms with Gasteiger partial charge < -0.3 is 15.2 Å². The van der Waals surface area contributed by atoms with E-state index in [-0.39, 0.29) is 31.1 Å². The Labute approximate surface area is 180 Å². The Balaban J connectivity index is 1.57. The normalized spacial score (nSPS) is 27.1. The number of pyridine rings is 2. The van der Waals surface area contributed by atoms with Gasteiger partial charge in [-0.15, -0.1) is 0 Å². The summed E-state index contributed by atoms with van der Waals surface area (Å²) in [6.07, 6.45) is 5.99. The van der Waals surface area contributed by atoms with Gasteiger partial charge >= 0.3 is 0 Å². The van der Waals surface area contributed by atoms with Gasteiger partial charge in [-0.2, -0.15) is 5.10 Å². The maximum absolute atomic E-state index is 13.0. The number of aromatic nitrogens is 2. The largest absolute Gasteiger partial charge is 0.395 e. The molecule has 160 valence electrons. The first-order valence-corrected chi connectivity index (χ1v) is 10.7. The second kappa shape index (κ2) is 8.20. The van der Waals surface area contributed by atoms with Crippen molar-refractivity contribution in [1.29, 1.82) is 0 Å². The second-order valence-electron chi connectivity index (χ2n) is 8.08. The quantitative estimate of drug-likeness (QED) is 0.680. The van der Waals surface area contributed by atoms with Crippen LogP contribution >= 0.6 is 0 Å². The van der Waals surface area contributed by atoms with Crippen molar-refractivity contribution in [2.75, 3.05) is 13.2 Å². The fraction of sp³-hybridized carbons (Fsp3) is 0.391. The van der Waals surface area contributed by atoms with E-state index < -0.39 is 5.60 Å². The van der Waals surface area contributed by atoms with E-state index in [0.29, 0.717) is 19.3 Å². The Morgan fingerprint density at radius 3 is 2.58 bits per heavy atom. The topological polar surface area (TPSA) is 109 Å². The van der Waals surface area contributed by atoms with Crippen LogP contribution in [-0.4, -0.2) is 51.6 Å². The van der Waals surface area contributed by atoms with Gasteiger partial charge in [-0.1, -0.05) is 12.1 Å². The molecule has 2 fully saturated rings. The molecule has 3 aliphatic heterocycles. The number of carbonyl (C=O) groups is 1. The molecule has 2 bridgehead atoms. The standard InChI is InChI=1S/C23H25N5O3/c29-14-13-26-22(30)23-9-7-15-19(18(31-23)8-10-23)21(17-6-2-4-12-25-17)28-27-20(15)16-5-1-3-11-24-16/h1-6,11-12,15,18,28-29H,7-10,13-14H2,(H,26,30)/t15?,18-,23+/m1/s1. The van der Waals surface area contributed by atoms with E-state index in [1.807, 2.05) is 36.4 Å². The number of hydrazone groups is 1. The maximum Gasteiger partial charge on any atom is 0.252 e. The molecule has 0 spiro atoms. The van der Waals surface area contributed by atoms with Gasteiger partial charge in [0.25, 0.3) is 5.91 Å². The number of hydrogen-bond donors (Lipinski definition) is 3. The lowest BCUT2D eigenvalue weighted by molar-refractivity contribution is -0.144. The molecule has 0 radical (unpaired) electrons. The fourth-order valence-electron chi connectivity index (χ4n) is 4.87. The summed E-state index contributed by atoms with van der Waals surface area (Å²) in [5.74, 6) is -0.169. The van der Waals surface area contributed by atoms with Crippen LogP contribution in [0.4, 0.5) is 0 Å². The first kappa shape index (κ1) is 19.8. The van der Waals surface area contributed by atoms with E-state index in [1.165, 1.54) is 0 Å². The molecule has 2 saturated heterocycles. The number of aliphatic hydroxyl groups excluding tert-OH is 1. The molecule has 0 aliphatic carbocycles. The molecule has 8 heteroatoms. The van der Waals surface area contributed by atoms with Crippen LogP contribution in [0.25, 0.3) is 5.70 Å². The lowest BCUT2D eigenvalue weighted by atomic mass is 9.77. The lowest BCUT2D eigenvalue weighted by Crippen LogP contribution is -2.47. The summed E-state index contributed by atoms with van der Waals surface area (Å²) >= 11 is 0. The minimum absolute atomic E-state index is 0.0222. The van der Waals surface area contributed by atoms with E-state index in [0.717, 1.165) is 34.8 Å². The van der Waals surface area contributed by atoms with Crippen LogP contribution in [0.1, 0.15) is 37.1 Å². The van der Waals surface area contributed by atoms with Crippen molar-refractivity contribution in [3.63, 3.8) is 0 Å². The zero-order chi connectivity index (χ0) is 21.3. The van der Waals surface area contributed by atoms with Gasteiger partial charge in [0.1, 0.15) is 5.60 Å². The number of hydrogen-bond acceptors (Lipinski definition) is 7. The number of amides is 1. The number of nitrogens with zero attached hydrogens (tertiary/aromatic N) is 3. The van der Waals surface area contributed by atoms with Crippen molar-refractivity contribution in [3.05, 3.63) is 65.8 Å². The molecule has 2 aromatic rings. The fourth-order valence-corrected chi connectivity index (χ4v) is 4.87. The lowest BCUT2D eigenvalue weighted by Gasteiger charge is -2.30. The third-order valence-corrected chi connectivity index (χ3v) is 6.30. The molecule has 0 saturated carbocycles. The molecule has 0 aromatic carbocycles. The first-order valence-electron chi connectivity index (χ1n) is 10.7. The van der Waals surface area contributed by atoms with Gasteiger partial charge in [0, 0.05) is 24.9 Å². The van der Waals surface area contributed by atoms with Gasteiger partial charge in [0.05, 0.1) is 35.5 Å². The Hall–Kier alpha value is -3.10. The van der Waals surface area contributed by atoms with Crippen molar-refractivity contribution in [3.8, 4) is 0 Å². The van der Waals surface area contributed by atoms with Gasteiger partial charge in [-0.05, 0) is 55.5 Å². The monoisotopic (exact) mass is 419 g/mol. The molecule has 3 atom stereocenters. The third kappa shape index (κ3) is 3.51. The van der Waals surface area contributed by atoms with Gasteiger partial charge in [-0.3, -0.25) is 20.2 Å². The van der Waals surface area contributed by atoms with Crippen LogP contribution in [0.2, 0.25) is 0 Å². The molecule has 1 unspecified atom stereocenters. The van der Waals surface area contributed by atoms with Gasteiger partial charge in [-0.25, -0.2) is 0 Å². The molecule has 2 aromatic heterocycles. The predicted octanol–water partition coefficient (Wildman–Crippen LogP) is 1.63. The first-order chi connectivity index (χ1) is 15.2. The van der Waals surface area contributed by atoms with Crippen molar-refractivity contribution in [2.45, 2.75) is 37.4 Å². The smallest absolute Gasteiger partial charge is 0.252 e. The minimum atomic E-state index is -0.880. The van der Waals surface area contributed by atoms with E-state index in [9.17, 15) is 4.79 Å². The maximum atomic E-state index is 13.0. The highest BCUT2D eigenvalue weighted by Gasteiger charge is 2.52. The molecule has 8 nitrogen and oxygen atoms in total. The Morgan fingerprint density at radius 1 is 1.13 bits per heavy atom. The Morgan fingerprint density at radius 2 is 1.87 bits per heavy atom. The number of ether oxygens (including phenoxy) is 1. The highest BCUT2D eigenvalue weighted by Crippen LogP contribution is 2.48. The summed E-state index contributed by atoms with van der Waals surface area (Å²) in [6, 6.07) is 11.6. The molecule has 31 heavy (non-hydrogen) atoms. The summed E-state index contributed by atoms with van der Waals surface area (Å²) in [7, 11) is 0. The van der Waals surface area contributed by atoms with Crippen LogP contribution in [0.5, 0.6) is 0 Å². The predicted molar refractivity (Wildman–Crippen MR) is 115 cm³/mol. The van der Waals surface area contributed by atoms with Crippen molar-refractivity contribution >= 4 is 17.3 Å². The number of carbonyl (C=O) groups excluding carboxylic acids is 1. The highest BCUT2D eigenvalue weighted by atomic mass is 16.5. The molecular weight excluding hydrogens is 394 g/mol. The van der Waals surface area contributed by atoms with Gasteiger partial charge in [0.2, 0.25) is 0 Å². The van der Waals surface area contributed by atoms with Crippen LogP contribution in [-0.2, 0) is 9.53 Å². The van der Waals surface area contributed by atoms with Crippen LogP contribution in [0.15, 0.2) is 59.5 Å².